The monoisotopic (exact) mass is 299 g/mol. The molecule has 0 aliphatic heterocycles. The van der Waals surface area contributed by atoms with Gasteiger partial charge in [-0.3, -0.25) is 0 Å². The second kappa shape index (κ2) is 9.19. The maximum Gasteiger partial charge on any atom is 0.338 e. The van der Waals surface area contributed by atoms with Gasteiger partial charge in [0.25, 0.3) is 5.09 Å². The molecule has 0 amide bonds. The summed E-state index contributed by atoms with van der Waals surface area (Å²) in [5.41, 5.74) is 0.502. The van der Waals surface area contributed by atoms with Crippen LogP contribution in [0.5, 0.6) is 0 Å². The minimum Gasteiger partial charge on any atom is -0.462 e. The molecule has 0 aliphatic carbocycles. The van der Waals surface area contributed by atoms with Crippen LogP contribution in [0, 0.1) is 10.1 Å². The minimum atomic E-state index is -0.794. The zero-order valence-electron chi connectivity index (χ0n) is 11.0. The van der Waals surface area contributed by atoms with E-state index in [0.717, 1.165) is 24.2 Å². The number of hydrogen-bond donors (Lipinski definition) is 1. The number of thiol groups is 1. The summed E-state index contributed by atoms with van der Waals surface area (Å²) in [6, 6.07) is 6.79. The number of ether oxygens (including phenoxy) is 1. The summed E-state index contributed by atoms with van der Waals surface area (Å²) < 4.78 is 5.11. The van der Waals surface area contributed by atoms with E-state index in [1.807, 2.05) is 0 Å². The number of carbonyl (C=O) groups excluding carboxylic acids is 1. The molecule has 7 heteroatoms. The SMILES string of the molecule is O=C(OCCCCCCO[N+](=O)[O-])c1ccc(S)cc1. The van der Waals surface area contributed by atoms with E-state index in [1.54, 1.807) is 24.3 Å². The number of rotatable bonds is 9. The highest BCUT2D eigenvalue weighted by molar-refractivity contribution is 7.80. The second-order valence-corrected chi connectivity index (χ2v) is 4.67. The van der Waals surface area contributed by atoms with Crippen molar-refractivity contribution < 1.29 is 19.5 Å². The van der Waals surface area contributed by atoms with Gasteiger partial charge in [0, 0.05) is 4.90 Å². The van der Waals surface area contributed by atoms with E-state index < -0.39 is 5.09 Å². The van der Waals surface area contributed by atoms with Crippen LogP contribution in [0.1, 0.15) is 36.0 Å². The van der Waals surface area contributed by atoms with Crippen molar-refractivity contribution in [3.8, 4) is 0 Å². The second-order valence-electron chi connectivity index (χ2n) is 4.15. The highest BCUT2D eigenvalue weighted by Gasteiger charge is 2.05. The predicted molar refractivity (Wildman–Crippen MR) is 75.4 cm³/mol. The van der Waals surface area contributed by atoms with Crippen molar-refractivity contribution >= 4 is 18.6 Å². The van der Waals surface area contributed by atoms with E-state index in [4.69, 9.17) is 4.74 Å². The first-order chi connectivity index (χ1) is 9.59. The van der Waals surface area contributed by atoms with Crippen LogP contribution in [-0.4, -0.2) is 24.3 Å². The maximum absolute atomic E-state index is 11.6. The number of carbonyl (C=O) groups is 1. The molecule has 1 rings (SSSR count). The molecule has 0 bridgehead atoms. The van der Waals surface area contributed by atoms with Crippen LogP contribution in [0.2, 0.25) is 0 Å². The highest BCUT2D eigenvalue weighted by atomic mass is 32.1. The van der Waals surface area contributed by atoms with Gasteiger partial charge in [-0.05, 0) is 43.5 Å². The fourth-order valence-corrected chi connectivity index (χ4v) is 1.69. The van der Waals surface area contributed by atoms with Crippen molar-refractivity contribution in [1.29, 1.82) is 0 Å². The lowest BCUT2D eigenvalue weighted by Crippen LogP contribution is -2.06. The standard InChI is InChI=1S/C13H17NO5S/c15-13(11-5-7-12(20)8-6-11)18-9-3-1-2-4-10-19-14(16)17/h5-8,20H,1-4,9-10H2. The Bertz CT molecular complexity index is 435. The molecule has 0 radical (unpaired) electrons. The Morgan fingerprint density at radius 3 is 2.30 bits per heavy atom. The molecule has 0 aliphatic rings. The molecule has 0 unspecified atom stereocenters. The Kier molecular flexibility index (Phi) is 7.49. The lowest BCUT2D eigenvalue weighted by atomic mass is 10.2. The average Bonchev–Trinajstić information content (AvgIpc) is 2.42. The molecule has 0 spiro atoms. The van der Waals surface area contributed by atoms with Gasteiger partial charge >= 0.3 is 5.97 Å². The van der Waals surface area contributed by atoms with Gasteiger partial charge in [-0.15, -0.1) is 22.7 Å². The van der Waals surface area contributed by atoms with Crippen molar-refractivity contribution in [2.24, 2.45) is 0 Å². The Morgan fingerprint density at radius 2 is 1.70 bits per heavy atom. The third-order valence-electron chi connectivity index (χ3n) is 2.57. The van der Waals surface area contributed by atoms with Crippen LogP contribution in [0.4, 0.5) is 0 Å². The number of esters is 1. The minimum absolute atomic E-state index is 0.114. The summed E-state index contributed by atoms with van der Waals surface area (Å²) in [6.07, 6.45) is 3.00. The average molecular weight is 299 g/mol. The van der Waals surface area contributed by atoms with Gasteiger partial charge in [0.2, 0.25) is 0 Å². The third kappa shape index (κ3) is 6.98. The quantitative estimate of drug-likeness (QED) is 0.249. The molecule has 20 heavy (non-hydrogen) atoms. The summed E-state index contributed by atoms with van der Waals surface area (Å²) in [6.45, 7) is 0.459. The fourth-order valence-electron chi connectivity index (χ4n) is 1.54. The zero-order valence-corrected chi connectivity index (χ0v) is 11.9. The van der Waals surface area contributed by atoms with Crippen LogP contribution in [0.15, 0.2) is 29.2 Å². The van der Waals surface area contributed by atoms with Gasteiger partial charge in [0.1, 0.15) is 0 Å². The first-order valence-corrected chi connectivity index (χ1v) is 6.78. The molecule has 0 aromatic heterocycles. The Labute approximate surface area is 122 Å². The van der Waals surface area contributed by atoms with Crippen molar-refractivity contribution in [3.05, 3.63) is 39.9 Å². The number of benzene rings is 1. The number of nitrogens with zero attached hydrogens (tertiary/aromatic N) is 1. The fraction of sp³-hybridized carbons (Fsp3) is 0.462. The van der Waals surface area contributed by atoms with E-state index in [-0.39, 0.29) is 12.6 Å². The molecule has 1 aromatic carbocycles. The van der Waals surface area contributed by atoms with Crippen LogP contribution >= 0.6 is 12.6 Å². The number of hydrogen-bond acceptors (Lipinski definition) is 6. The molecule has 0 N–H and O–H groups in total. The summed E-state index contributed by atoms with van der Waals surface area (Å²) in [7, 11) is 0. The molecule has 0 fully saturated rings. The van der Waals surface area contributed by atoms with Crippen molar-refractivity contribution in [3.63, 3.8) is 0 Å². The van der Waals surface area contributed by atoms with E-state index in [9.17, 15) is 14.9 Å². The smallest absolute Gasteiger partial charge is 0.338 e. The normalized spacial score (nSPS) is 10.1. The first-order valence-electron chi connectivity index (χ1n) is 6.33. The zero-order chi connectivity index (χ0) is 14.8. The van der Waals surface area contributed by atoms with Crippen LogP contribution < -0.4 is 0 Å². The van der Waals surface area contributed by atoms with Gasteiger partial charge < -0.3 is 9.57 Å². The summed E-state index contributed by atoms with van der Waals surface area (Å²) >= 11 is 4.13. The van der Waals surface area contributed by atoms with Crippen molar-refractivity contribution in [2.75, 3.05) is 13.2 Å². The third-order valence-corrected chi connectivity index (χ3v) is 2.87. The largest absolute Gasteiger partial charge is 0.462 e. The Balaban J connectivity index is 2.05. The lowest BCUT2D eigenvalue weighted by molar-refractivity contribution is -0.757. The van der Waals surface area contributed by atoms with E-state index in [2.05, 4.69) is 17.5 Å². The maximum atomic E-state index is 11.6. The van der Waals surface area contributed by atoms with Crippen LogP contribution in [-0.2, 0) is 9.57 Å². The molecular formula is C13H17NO5S. The van der Waals surface area contributed by atoms with Crippen LogP contribution in [0.25, 0.3) is 0 Å². The molecule has 6 nitrogen and oxygen atoms in total. The lowest BCUT2D eigenvalue weighted by Gasteiger charge is -2.05. The van der Waals surface area contributed by atoms with Gasteiger partial charge in [-0.2, -0.15) is 0 Å². The Hall–Kier alpha value is -1.76. The highest BCUT2D eigenvalue weighted by Crippen LogP contribution is 2.09. The summed E-state index contributed by atoms with van der Waals surface area (Å²) in [5, 5.41) is 9.09. The van der Waals surface area contributed by atoms with Gasteiger partial charge in [-0.1, -0.05) is 6.42 Å². The van der Waals surface area contributed by atoms with E-state index in [1.165, 1.54) is 0 Å². The Morgan fingerprint density at radius 1 is 1.10 bits per heavy atom. The topological polar surface area (TPSA) is 78.7 Å². The van der Waals surface area contributed by atoms with Gasteiger partial charge in [-0.25, -0.2) is 4.79 Å². The molecule has 110 valence electrons. The molecule has 0 saturated carbocycles. The molecule has 0 atom stereocenters. The van der Waals surface area contributed by atoms with Gasteiger partial charge in [0.15, 0.2) is 0 Å². The first kappa shape index (κ1) is 16.3. The summed E-state index contributed by atoms with van der Waals surface area (Å²) in [5.74, 6) is -0.352. The molecule has 1 aromatic rings. The van der Waals surface area contributed by atoms with Crippen molar-refractivity contribution in [2.45, 2.75) is 30.6 Å². The predicted octanol–water partition coefficient (Wildman–Crippen LogP) is 2.90. The molecule has 0 saturated heterocycles. The number of unbranched alkanes of at least 4 members (excludes halogenated alkanes) is 3. The van der Waals surface area contributed by atoms with Gasteiger partial charge in [0.05, 0.1) is 18.8 Å². The van der Waals surface area contributed by atoms with E-state index >= 15 is 0 Å². The van der Waals surface area contributed by atoms with Crippen molar-refractivity contribution in [1.82, 2.24) is 0 Å². The van der Waals surface area contributed by atoms with Crippen LogP contribution in [0.3, 0.4) is 0 Å². The van der Waals surface area contributed by atoms with E-state index in [0.29, 0.717) is 18.6 Å². The molecule has 0 heterocycles. The molecular weight excluding hydrogens is 282 g/mol. The summed E-state index contributed by atoms with van der Waals surface area (Å²) in [4.78, 5) is 26.5.